The van der Waals surface area contributed by atoms with E-state index in [0.29, 0.717) is 23.6 Å². The van der Waals surface area contributed by atoms with Gasteiger partial charge in [-0.2, -0.15) is 8.42 Å². The molecule has 0 unspecified atom stereocenters. The van der Waals surface area contributed by atoms with Crippen molar-refractivity contribution in [3.8, 4) is 17.0 Å². The largest absolute Gasteiger partial charge is 0.475 e. The van der Waals surface area contributed by atoms with Gasteiger partial charge in [0.2, 0.25) is 5.88 Å². The number of rotatable bonds is 12. The summed E-state index contributed by atoms with van der Waals surface area (Å²) in [6.07, 6.45) is 2.35. The second kappa shape index (κ2) is 12.6. The molecule has 1 heterocycles. The molecule has 0 aliphatic rings. The molecule has 1 amide bonds. The molecule has 8 nitrogen and oxygen atoms in total. The van der Waals surface area contributed by atoms with Crippen LogP contribution in [0.15, 0.2) is 60.8 Å². The Kier molecular flexibility index (Phi) is 9.54. The zero-order chi connectivity index (χ0) is 27.0. The van der Waals surface area contributed by atoms with Gasteiger partial charge in [-0.25, -0.2) is 13.8 Å². The maximum atomic E-state index is 14.0. The summed E-state index contributed by atoms with van der Waals surface area (Å²) in [5.41, 5.74) is 1.86. The minimum atomic E-state index is -4.15. The Labute approximate surface area is 214 Å². The van der Waals surface area contributed by atoms with Crippen molar-refractivity contribution < 1.29 is 31.3 Å². The van der Waals surface area contributed by atoms with E-state index in [1.807, 2.05) is 0 Å². The van der Waals surface area contributed by atoms with Gasteiger partial charge in [0.25, 0.3) is 16.0 Å². The van der Waals surface area contributed by atoms with E-state index in [9.17, 15) is 22.0 Å². The van der Waals surface area contributed by atoms with Gasteiger partial charge in [0.05, 0.1) is 11.8 Å². The fourth-order valence-electron chi connectivity index (χ4n) is 3.48. The molecule has 0 spiro atoms. The molecule has 3 rings (SSSR count). The van der Waals surface area contributed by atoms with E-state index in [1.54, 1.807) is 36.4 Å². The zero-order valence-corrected chi connectivity index (χ0v) is 21.3. The van der Waals surface area contributed by atoms with E-state index >= 15 is 0 Å². The number of nitrogens with zero attached hydrogens (tertiary/aromatic N) is 1. The van der Waals surface area contributed by atoms with Crippen molar-refractivity contribution >= 4 is 21.7 Å². The van der Waals surface area contributed by atoms with E-state index in [4.69, 9.17) is 9.29 Å². The van der Waals surface area contributed by atoms with Crippen molar-refractivity contribution in [1.29, 1.82) is 0 Å². The van der Waals surface area contributed by atoms with Gasteiger partial charge in [-0.3, -0.25) is 9.35 Å². The van der Waals surface area contributed by atoms with Crippen molar-refractivity contribution in [1.82, 2.24) is 10.3 Å². The minimum Gasteiger partial charge on any atom is -0.475 e. The molecule has 0 aliphatic carbocycles. The number of halogens is 2. The summed E-state index contributed by atoms with van der Waals surface area (Å²) in [4.78, 5) is 16.4. The number of aromatic nitrogens is 1. The van der Waals surface area contributed by atoms with Crippen LogP contribution in [0.2, 0.25) is 0 Å². The quantitative estimate of drug-likeness (QED) is 0.292. The number of amides is 1. The SMILES string of the molecule is CC[C@H](C)[C@@H](COc1ccc(-c2ccc(F)cc2F)cn1)Nc1ccc(C(=O)NCCS(=O)(=O)O)cc1. The first-order valence-corrected chi connectivity index (χ1v) is 13.3. The first kappa shape index (κ1) is 28.0. The zero-order valence-electron chi connectivity index (χ0n) is 20.4. The Hall–Kier alpha value is -3.57. The molecule has 198 valence electrons. The van der Waals surface area contributed by atoms with Crippen LogP contribution < -0.4 is 15.4 Å². The predicted molar refractivity (Wildman–Crippen MR) is 137 cm³/mol. The second-order valence-electron chi connectivity index (χ2n) is 8.58. The highest BCUT2D eigenvalue weighted by Gasteiger charge is 2.18. The second-order valence-corrected chi connectivity index (χ2v) is 10.1. The maximum Gasteiger partial charge on any atom is 0.266 e. The molecule has 0 saturated carbocycles. The average Bonchev–Trinajstić information content (AvgIpc) is 2.86. The molecule has 11 heteroatoms. The van der Waals surface area contributed by atoms with Crippen LogP contribution in [0, 0.1) is 17.6 Å². The molecule has 3 aromatic rings. The Morgan fingerprint density at radius 1 is 1.11 bits per heavy atom. The molecular weight excluding hydrogens is 504 g/mol. The summed E-state index contributed by atoms with van der Waals surface area (Å²) in [5.74, 6) is -1.74. The molecule has 3 N–H and O–H groups in total. The molecule has 0 bridgehead atoms. The number of ether oxygens (including phenoxy) is 1. The van der Waals surface area contributed by atoms with E-state index in [2.05, 4.69) is 29.5 Å². The molecule has 37 heavy (non-hydrogen) atoms. The van der Waals surface area contributed by atoms with Crippen LogP contribution in [-0.2, 0) is 10.1 Å². The van der Waals surface area contributed by atoms with Gasteiger partial charge in [0.1, 0.15) is 18.2 Å². The summed E-state index contributed by atoms with van der Waals surface area (Å²) >= 11 is 0. The van der Waals surface area contributed by atoms with E-state index in [1.165, 1.54) is 18.3 Å². The lowest BCUT2D eigenvalue weighted by molar-refractivity contribution is 0.0956. The third kappa shape index (κ3) is 8.50. The molecule has 1 aromatic heterocycles. The predicted octanol–water partition coefficient (Wildman–Crippen LogP) is 4.55. The van der Waals surface area contributed by atoms with Crippen molar-refractivity contribution in [2.24, 2.45) is 5.92 Å². The van der Waals surface area contributed by atoms with Gasteiger partial charge in [0.15, 0.2) is 0 Å². The van der Waals surface area contributed by atoms with Crippen LogP contribution in [0.3, 0.4) is 0 Å². The van der Waals surface area contributed by atoms with Crippen molar-refractivity contribution in [2.45, 2.75) is 26.3 Å². The Morgan fingerprint density at radius 3 is 2.43 bits per heavy atom. The number of anilines is 1. The third-order valence-electron chi connectivity index (χ3n) is 5.86. The van der Waals surface area contributed by atoms with Gasteiger partial charge in [-0.15, -0.1) is 0 Å². The van der Waals surface area contributed by atoms with Crippen LogP contribution in [0.25, 0.3) is 11.1 Å². The summed E-state index contributed by atoms with van der Waals surface area (Å²) in [5, 5.41) is 5.84. The fourth-order valence-corrected chi connectivity index (χ4v) is 3.84. The van der Waals surface area contributed by atoms with Crippen LogP contribution in [-0.4, -0.2) is 48.8 Å². The standard InChI is InChI=1S/C26H29F2N3O5S/c1-3-17(2)24(31-21-8-4-18(5-9-21)26(32)29-12-13-37(33,34)35)16-36-25-11-6-19(15-30-25)22-10-7-20(27)14-23(22)28/h4-11,14-15,17,24,31H,3,12-13,16H2,1-2H3,(H,29,32)(H,33,34,35)/t17-,24+/m0/s1. The fraction of sp³-hybridized carbons (Fsp3) is 0.308. The lowest BCUT2D eigenvalue weighted by atomic mass is 9.99. The van der Waals surface area contributed by atoms with Gasteiger partial charge in [-0.1, -0.05) is 20.3 Å². The first-order valence-electron chi connectivity index (χ1n) is 11.7. The van der Waals surface area contributed by atoms with Gasteiger partial charge >= 0.3 is 0 Å². The van der Waals surface area contributed by atoms with Gasteiger partial charge in [-0.05, 0) is 48.4 Å². The summed E-state index contributed by atoms with van der Waals surface area (Å²) in [6.45, 7) is 4.23. The monoisotopic (exact) mass is 533 g/mol. The highest BCUT2D eigenvalue weighted by molar-refractivity contribution is 7.85. The third-order valence-corrected chi connectivity index (χ3v) is 6.58. The van der Waals surface area contributed by atoms with Crippen LogP contribution in [0.4, 0.5) is 14.5 Å². The van der Waals surface area contributed by atoms with Crippen molar-refractivity contribution in [2.75, 3.05) is 24.2 Å². The number of benzene rings is 2. The van der Waals surface area contributed by atoms with Crippen LogP contribution in [0.1, 0.15) is 30.6 Å². The maximum absolute atomic E-state index is 14.0. The molecule has 0 radical (unpaired) electrons. The van der Waals surface area contributed by atoms with Crippen LogP contribution in [0.5, 0.6) is 5.88 Å². The number of pyridine rings is 1. The Balaban J connectivity index is 1.59. The number of nitrogens with one attached hydrogen (secondary N) is 2. The number of hydrogen-bond acceptors (Lipinski definition) is 6. The smallest absolute Gasteiger partial charge is 0.266 e. The van der Waals surface area contributed by atoms with E-state index in [0.717, 1.165) is 18.2 Å². The summed E-state index contributed by atoms with van der Waals surface area (Å²) < 4.78 is 63.4. The number of carbonyl (C=O) groups is 1. The molecule has 2 aromatic carbocycles. The lowest BCUT2D eigenvalue weighted by Gasteiger charge is -2.25. The summed E-state index contributed by atoms with van der Waals surface area (Å²) in [7, 11) is -4.15. The van der Waals surface area contributed by atoms with E-state index in [-0.39, 0.29) is 24.1 Å². The highest BCUT2D eigenvalue weighted by Crippen LogP contribution is 2.24. The van der Waals surface area contributed by atoms with Gasteiger partial charge in [0, 0.05) is 47.3 Å². The van der Waals surface area contributed by atoms with Gasteiger partial charge < -0.3 is 15.4 Å². The average molecular weight is 534 g/mol. The lowest BCUT2D eigenvalue weighted by Crippen LogP contribution is -2.33. The highest BCUT2D eigenvalue weighted by atomic mass is 32.2. The molecule has 2 atom stereocenters. The van der Waals surface area contributed by atoms with Crippen LogP contribution >= 0.6 is 0 Å². The van der Waals surface area contributed by atoms with E-state index < -0.39 is 33.4 Å². The Morgan fingerprint density at radius 2 is 1.84 bits per heavy atom. The first-order chi connectivity index (χ1) is 17.6. The number of hydrogen-bond donors (Lipinski definition) is 3. The van der Waals surface area contributed by atoms with Crippen molar-refractivity contribution in [3.05, 3.63) is 78.0 Å². The van der Waals surface area contributed by atoms with Crippen molar-refractivity contribution in [3.63, 3.8) is 0 Å². The Bertz CT molecular complexity index is 1300. The minimum absolute atomic E-state index is 0.0875. The molecular formula is C26H29F2N3O5S. The number of carbonyl (C=O) groups excluding carboxylic acids is 1. The molecule has 0 saturated heterocycles. The topological polar surface area (TPSA) is 118 Å². The molecule has 0 fully saturated rings. The summed E-state index contributed by atoms with van der Waals surface area (Å²) in [6, 6.07) is 13.2. The normalized spacial score (nSPS) is 13.0. The molecule has 0 aliphatic heterocycles.